The number of ether oxygens (including phenoxy) is 1. The van der Waals surface area contributed by atoms with Gasteiger partial charge in [0.05, 0.1) is 21.2 Å². The zero-order valence-electron chi connectivity index (χ0n) is 10.6. The Morgan fingerprint density at radius 3 is 2.84 bits per heavy atom. The van der Waals surface area contributed by atoms with Crippen LogP contribution >= 0.6 is 11.6 Å². The summed E-state index contributed by atoms with van der Waals surface area (Å²) in [6, 6.07) is 4.25. The summed E-state index contributed by atoms with van der Waals surface area (Å²) in [7, 11) is -3.59. The third kappa shape index (κ3) is 3.39. The average Bonchev–Trinajstić information content (AvgIpc) is 2.78. The van der Waals surface area contributed by atoms with Crippen LogP contribution in [0, 0.1) is 0 Å². The number of rotatable bonds is 4. The highest BCUT2D eigenvalue weighted by molar-refractivity contribution is 7.89. The molecule has 0 saturated carbocycles. The Balaban J connectivity index is 2.11. The van der Waals surface area contributed by atoms with Crippen LogP contribution in [-0.2, 0) is 14.8 Å². The molecule has 1 aromatic carbocycles. The van der Waals surface area contributed by atoms with Crippen molar-refractivity contribution in [2.24, 2.45) is 0 Å². The van der Waals surface area contributed by atoms with Crippen molar-refractivity contribution in [3.63, 3.8) is 0 Å². The minimum absolute atomic E-state index is 0.107. The quantitative estimate of drug-likeness (QED) is 0.831. The normalized spacial score (nSPS) is 23.7. The molecule has 1 saturated heterocycles. The Bertz CT molecular complexity index is 568. The second kappa shape index (κ2) is 5.28. The number of benzene rings is 1. The van der Waals surface area contributed by atoms with E-state index in [1.165, 1.54) is 18.2 Å². The number of halogens is 1. The summed E-state index contributed by atoms with van der Waals surface area (Å²) in [6.07, 6.45) is 1.80. The first-order valence-electron chi connectivity index (χ1n) is 6.01. The summed E-state index contributed by atoms with van der Waals surface area (Å²) in [5, 5.41) is 0.338. The number of nitrogens with two attached hydrogens (primary N) is 1. The van der Waals surface area contributed by atoms with Gasteiger partial charge in [-0.15, -0.1) is 0 Å². The monoisotopic (exact) mass is 304 g/mol. The van der Waals surface area contributed by atoms with Crippen molar-refractivity contribution in [1.82, 2.24) is 4.72 Å². The third-order valence-electron chi connectivity index (χ3n) is 3.21. The molecule has 5 nitrogen and oxygen atoms in total. The van der Waals surface area contributed by atoms with E-state index < -0.39 is 15.6 Å². The number of nitrogen functional groups attached to an aromatic ring is 1. The van der Waals surface area contributed by atoms with Gasteiger partial charge in [-0.3, -0.25) is 0 Å². The molecular weight excluding hydrogens is 288 g/mol. The second-order valence-corrected chi connectivity index (χ2v) is 7.08. The molecule has 1 aliphatic heterocycles. The van der Waals surface area contributed by atoms with E-state index in [0.717, 1.165) is 12.8 Å². The summed E-state index contributed by atoms with van der Waals surface area (Å²) < 4.78 is 32.4. The molecule has 0 aliphatic carbocycles. The highest BCUT2D eigenvalue weighted by Crippen LogP contribution is 2.25. The summed E-state index contributed by atoms with van der Waals surface area (Å²) in [5.74, 6) is 0. The van der Waals surface area contributed by atoms with Crippen LogP contribution in [0.1, 0.15) is 19.8 Å². The van der Waals surface area contributed by atoms with Crippen molar-refractivity contribution in [2.75, 3.05) is 18.9 Å². The molecule has 3 N–H and O–H groups in total. The Hall–Kier alpha value is -0.820. The SMILES string of the molecule is CC1(CNS(=O)(=O)c2ccc(Cl)c(N)c2)CCCO1. The van der Waals surface area contributed by atoms with Crippen molar-refractivity contribution in [2.45, 2.75) is 30.3 Å². The molecule has 2 rings (SSSR count). The number of sulfonamides is 1. The Labute approximate surface area is 118 Å². The first kappa shape index (κ1) is 14.6. The molecule has 0 amide bonds. The van der Waals surface area contributed by atoms with Gasteiger partial charge in [0.15, 0.2) is 0 Å². The van der Waals surface area contributed by atoms with Crippen molar-refractivity contribution in [3.8, 4) is 0 Å². The van der Waals surface area contributed by atoms with E-state index in [4.69, 9.17) is 22.1 Å². The van der Waals surface area contributed by atoms with Crippen LogP contribution in [0.4, 0.5) is 5.69 Å². The molecule has 0 bridgehead atoms. The lowest BCUT2D eigenvalue weighted by Gasteiger charge is -2.23. The average molecular weight is 305 g/mol. The summed E-state index contributed by atoms with van der Waals surface area (Å²) in [4.78, 5) is 0.107. The molecule has 1 fully saturated rings. The minimum atomic E-state index is -3.59. The van der Waals surface area contributed by atoms with E-state index in [1.54, 1.807) is 0 Å². The molecule has 19 heavy (non-hydrogen) atoms. The molecule has 1 unspecified atom stereocenters. The third-order valence-corrected chi connectivity index (χ3v) is 4.96. The fourth-order valence-electron chi connectivity index (χ4n) is 2.00. The van der Waals surface area contributed by atoms with Crippen LogP contribution in [-0.4, -0.2) is 27.2 Å². The second-order valence-electron chi connectivity index (χ2n) is 4.91. The predicted molar refractivity (Wildman–Crippen MR) is 74.6 cm³/mol. The smallest absolute Gasteiger partial charge is 0.240 e. The molecule has 0 radical (unpaired) electrons. The number of nitrogens with one attached hydrogen (secondary N) is 1. The lowest BCUT2D eigenvalue weighted by molar-refractivity contribution is 0.0250. The largest absolute Gasteiger partial charge is 0.397 e. The predicted octanol–water partition coefficient (Wildman–Crippen LogP) is 1.77. The zero-order chi connectivity index (χ0) is 14.1. The highest BCUT2D eigenvalue weighted by atomic mass is 35.5. The van der Waals surface area contributed by atoms with Gasteiger partial charge in [0.2, 0.25) is 10.0 Å². The van der Waals surface area contributed by atoms with Crippen LogP contribution < -0.4 is 10.5 Å². The Kier molecular flexibility index (Phi) is 4.06. The van der Waals surface area contributed by atoms with Crippen molar-refractivity contribution in [3.05, 3.63) is 23.2 Å². The van der Waals surface area contributed by atoms with Crippen LogP contribution in [0.2, 0.25) is 5.02 Å². The van der Waals surface area contributed by atoms with Gasteiger partial charge in [0.25, 0.3) is 0 Å². The van der Waals surface area contributed by atoms with Gasteiger partial charge >= 0.3 is 0 Å². The maximum Gasteiger partial charge on any atom is 0.240 e. The molecule has 0 aromatic heterocycles. The van der Waals surface area contributed by atoms with Crippen molar-refractivity contribution in [1.29, 1.82) is 0 Å². The minimum Gasteiger partial charge on any atom is -0.397 e. The van der Waals surface area contributed by atoms with Crippen molar-refractivity contribution >= 4 is 27.3 Å². The Morgan fingerprint density at radius 1 is 1.53 bits per heavy atom. The maximum absolute atomic E-state index is 12.1. The van der Waals surface area contributed by atoms with Gasteiger partial charge in [0.1, 0.15) is 0 Å². The number of hydrogen-bond donors (Lipinski definition) is 2. The van der Waals surface area contributed by atoms with E-state index >= 15 is 0 Å². The maximum atomic E-state index is 12.1. The molecule has 1 atom stereocenters. The Morgan fingerprint density at radius 2 is 2.26 bits per heavy atom. The molecule has 7 heteroatoms. The van der Waals surface area contributed by atoms with E-state index in [1.807, 2.05) is 6.92 Å². The fraction of sp³-hybridized carbons (Fsp3) is 0.500. The van der Waals surface area contributed by atoms with E-state index in [0.29, 0.717) is 11.6 Å². The first-order valence-corrected chi connectivity index (χ1v) is 7.87. The van der Waals surface area contributed by atoms with E-state index in [9.17, 15) is 8.42 Å². The fourth-order valence-corrected chi connectivity index (χ4v) is 3.31. The first-order chi connectivity index (χ1) is 8.82. The van der Waals surface area contributed by atoms with Crippen LogP contribution in [0.3, 0.4) is 0 Å². The highest BCUT2D eigenvalue weighted by Gasteiger charge is 2.31. The zero-order valence-corrected chi connectivity index (χ0v) is 12.2. The van der Waals surface area contributed by atoms with Crippen LogP contribution in [0.25, 0.3) is 0 Å². The molecule has 0 spiro atoms. The van der Waals surface area contributed by atoms with Gasteiger partial charge in [-0.25, -0.2) is 13.1 Å². The van der Waals surface area contributed by atoms with Crippen LogP contribution in [0.5, 0.6) is 0 Å². The van der Waals surface area contributed by atoms with Gasteiger partial charge in [-0.1, -0.05) is 11.6 Å². The lowest BCUT2D eigenvalue weighted by Crippen LogP contribution is -2.40. The standard InChI is InChI=1S/C12H17ClN2O3S/c1-12(5-2-6-18-12)8-15-19(16,17)9-3-4-10(13)11(14)7-9/h3-4,7,15H,2,5-6,8,14H2,1H3. The lowest BCUT2D eigenvalue weighted by atomic mass is 10.0. The topological polar surface area (TPSA) is 81.4 Å². The molecule has 1 aromatic rings. The van der Waals surface area contributed by atoms with Crippen LogP contribution in [0.15, 0.2) is 23.1 Å². The number of anilines is 1. The van der Waals surface area contributed by atoms with Crippen molar-refractivity contribution < 1.29 is 13.2 Å². The summed E-state index contributed by atoms with van der Waals surface area (Å²) in [5.41, 5.74) is 5.43. The van der Waals surface area contributed by atoms with E-state index in [2.05, 4.69) is 4.72 Å². The van der Waals surface area contributed by atoms with Gasteiger partial charge in [-0.05, 0) is 38.0 Å². The molecule has 1 heterocycles. The molecule has 1 aliphatic rings. The summed E-state index contributed by atoms with van der Waals surface area (Å²) >= 11 is 5.77. The van der Waals surface area contributed by atoms with Gasteiger partial charge < -0.3 is 10.5 Å². The van der Waals surface area contributed by atoms with Gasteiger partial charge in [-0.2, -0.15) is 0 Å². The number of hydrogen-bond acceptors (Lipinski definition) is 4. The molecule has 106 valence electrons. The van der Waals surface area contributed by atoms with E-state index in [-0.39, 0.29) is 17.1 Å². The van der Waals surface area contributed by atoms with Gasteiger partial charge in [0, 0.05) is 13.2 Å². The summed E-state index contributed by atoms with van der Waals surface area (Å²) in [6.45, 7) is 2.82. The molecular formula is C12H17ClN2O3S.